The fraction of sp³-hybridized carbons (Fsp3) is 0.400. The second-order valence-electron chi connectivity index (χ2n) is 3.24. The Bertz CT molecular complexity index is 515. The predicted octanol–water partition coefficient (Wildman–Crippen LogP) is -0.800. The van der Waals surface area contributed by atoms with Crippen molar-refractivity contribution < 1.29 is 9.53 Å². The molecule has 7 heteroatoms. The maximum Gasteiger partial charge on any atom is 0.299 e. The van der Waals surface area contributed by atoms with Crippen LogP contribution in [0.5, 0.6) is 6.01 Å². The molecule has 0 fully saturated rings. The van der Waals surface area contributed by atoms with Crippen LogP contribution in [0.1, 0.15) is 5.69 Å². The molecule has 1 rings (SSSR count). The van der Waals surface area contributed by atoms with Crippen molar-refractivity contribution >= 4 is 5.91 Å². The van der Waals surface area contributed by atoms with Gasteiger partial charge >= 0.3 is 0 Å². The van der Waals surface area contributed by atoms with Crippen LogP contribution in [0.3, 0.4) is 0 Å². The topological polar surface area (TPSA) is 97.0 Å². The molecule has 1 aromatic rings. The molecule has 0 spiro atoms. The smallest absolute Gasteiger partial charge is 0.299 e. The highest BCUT2D eigenvalue weighted by Gasteiger charge is 2.10. The van der Waals surface area contributed by atoms with Crippen LogP contribution < -0.4 is 15.6 Å². The first kappa shape index (κ1) is 12.7. The summed E-state index contributed by atoms with van der Waals surface area (Å²) >= 11 is 0. The van der Waals surface area contributed by atoms with Crippen molar-refractivity contribution in [3.63, 3.8) is 0 Å². The van der Waals surface area contributed by atoms with Gasteiger partial charge in [-0.25, -0.2) is 4.98 Å². The monoisotopic (exact) mass is 236 g/mol. The van der Waals surface area contributed by atoms with E-state index in [2.05, 4.69) is 10.3 Å². The molecule has 0 bridgehead atoms. The molecule has 17 heavy (non-hydrogen) atoms. The van der Waals surface area contributed by atoms with E-state index in [1.807, 2.05) is 0 Å². The van der Waals surface area contributed by atoms with Crippen LogP contribution in [0.4, 0.5) is 0 Å². The zero-order valence-corrected chi connectivity index (χ0v) is 9.56. The van der Waals surface area contributed by atoms with Crippen LogP contribution in [0.25, 0.3) is 0 Å². The highest BCUT2D eigenvalue weighted by atomic mass is 16.5. The van der Waals surface area contributed by atoms with E-state index < -0.39 is 5.91 Å². The number of nitrogens with one attached hydrogen (secondary N) is 1. The van der Waals surface area contributed by atoms with Crippen LogP contribution in [0, 0.1) is 18.3 Å². The number of carbonyl (C=O) groups excluding carboxylic acids is 1. The summed E-state index contributed by atoms with van der Waals surface area (Å²) in [6.45, 7) is 1.33. The number of nitrogens with zero attached hydrogens (tertiary/aromatic N) is 3. The third-order valence-corrected chi connectivity index (χ3v) is 1.95. The molecule has 0 saturated carbocycles. The number of ether oxygens (including phenoxy) is 1. The summed E-state index contributed by atoms with van der Waals surface area (Å²) in [7, 11) is 1.37. The van der Waals surface area contributed by atoms with Gasteiger partial charge in [-0.2, -0.15) is 5.26 Å². The summed E-state index contributed by atoms with van der Waals surface area (Å²) in [5.41, 5.74) is 0.141. The second kappa shape index (κ2) is 5.65. The van der Waals surface area contributed by atoms with Crippen molar-refractivity contribution in [2.75, 3.05) is 13.7 Å². The molecule has 0 radical (unpaired) electrons. The Labute approximate surface area is 97.6 Å². The first-order valence-electron chi connectivity index (χ1n) is 4.84. The fourth-order valence-electron chi connectivity index (χ4n) is 1.23. The number of aryl methyl sites for hydroxylation is 1. The fourth-order valence-corrected chi connectivity index (χ4v) is 1.23. The molecule has 0 aliphatic carbocycles. The molecular weight excluding hydrogens is 224 g/mol. The molecule has 0 atom stereocenters. The van der Waals surface area contributed by atoms with Crippen LogP contribution in [0.15, 0.2) is 10.9 Å². The third kappa shape index (κ3) is 3.31. The van der Waals surface area contributed by atoms with Crippen molar-refractivity contribution in [2.24, 2.45) is 0 Å². The molecule has 1 aromatic heterocycles. The van der Waals surface area contributed by atoms with Crippen LogP contribution in [-0.2, 0) is 11.3 Å². The third-order valence-electron chi connectivity index (χ3n) is 1.95. The van der Waals surface area contributed by atoms with Gasteiger partial charge in [0.15, 0.2) is 0 Å². The minimum Gasteiger partial charge on any atom is -0.468 e. The summed E-state index contributed by atoms with van der Waals surface area (Å²) in [6, 6.07) is 3.15. The summed E-state index contributed by atoms with van der Waals surface area (Å²) in [5, 5.41) is 10.6. The van der Waals surface area contributed by atoms with Gasteiger partial charge in [-0.3, -0.25) is 14.2 Å². The lowest BCUT2D eigenvalue weighted by molar-refractivity contribution is -0.121. The van der Waals surface area contributed by atoms with E-state index in [-0.39, 0.29) is 24.7 Å². The zero-order chi connectivity index (χ0) is 12.8. The second-order valence-corrected chi connectivity index (χ2v) is 3.24. The quantitative estimate of drug-likeness (QED) is 0.690. The zero-order valence-electron chi connectivity index (χ0n) is 9.56. The van der Waals surface area contributed by atoms with E-state index in [0.29, 0.717) is 5.69 Å². The van der Waals surface area contributed by atoms with E-state index in [4.69, 9.17) is 10.00 Å². The average Bonchev–Trinajstić information content (AvgIpc) is 2.29. The minimum absolute atomic E-state index is 0.0714. The molecule has 1 amide bonds. The number of amides is 1. The van der Waals surface area contributed by atoms with Gasteiger partial charge in [0.25, 0.3) is 11.6 Å². The van der Waals surface area contributed by atoms with Crippen molar-refractivity contribution in [3.05, 3.63) is 22.1 Å². The van der Waals surface area contributed by atoms with Gasteiger partial charge in [-0.05, 0) is 6.92 Å². The highest BCUT2D eigenvalue weighted by molar-refractivity contribution is 5.76. The number of carbonyl (C=O) groups is 1. The Kier molecular flexibility index (Phi) is 4.22. The molecule has 1 N–H and O–H groups in total. The SMILES string of the molecule is COc1nc(C)cc(=O)n1CC(=O)NCC#N. The Morgan fingerprint density at radius 3 is 3.00 bits per heavy atom. The Balaban J connectivity index is 2.95. The number of nitriles is 1. The van der Waals surface area contributed by atoms with Gasteiger partial charge in [0, 0.05) is 11.8 Å². The molecule has 0 unspecified atom stereocenters. The molecule has 1 heterocycles. The van der Waals surface area contributed by atoms with Crippen molar-refractivity contribution in [3.8, 4) is 12.1 Å². The summed E-state index contributed by atoms with van der Waals surface area (Å²) < 4.78 is 6.02. The van der Waals surface area contributed by atoms with E-state index in [0.717, 1.165) is 4.57 Å². The van der Waals surface area contributed by atoms with Gasteiger partial charge in [0.05, 0.1) is 13.2 Å². The number of aromatic nitrogens is 2. The Morgan fingerprint density at radius 1 is 1.71 bits per heavy atom. The molecule has 7 nitrogen and oxygen atoms in total. The van der Waals surface area contributed by atoms with Gasteiger partial charge in [0.1, 0.15) is 13.1 Å². The molecule has 0 aliphatic heterocycles. The number of hydrogen-bond acceptors (Lipinski definition) is 5. The maximum absolute atomic E-state index is 11.6. The summed E-state index contributed by atoms with van der Waals surface area (Å²) in [6.07, 6.45) is 0. The predicted molar refractivity (Wildman–Crippen MR) is 58.4 cm³/mol. The average molecular weight is 236 g/mol. The van der Waals surface area contributed by atoms with Crippen molar-refractivity contribution in [1.29, 1.82) is 5.26 Å². The van der Waals surface area contributed by atoms with E-state index in [1.54, 1.807) is 13.0 Å². The first-order valence-corrected chi connectivity index (χ1v) is 4.84. The molecule has 0 aliphatic rings. The Hall–Kier alpha value is -2.36. The first-order chi connectivity index (χ1) is 8.08. The largest absolute Gasteiger partial charge is 0.468 e. The Morgan fingerprint density at radius 2 is 2.41 bits per heavy atom. The van der Waals surface area contributed by atoms with Crippen LogP contribution in [-0.4, -0.2) is 29.1 Å². The lowest BCUT2D eigenvalue weighted by Crippen LogP contribution is -2.33. The lowest BCUT2D eigenvalue weighted by Gasteiger charge is -2.10. The van der Waals surface area contributed by atoms with Gasteiger partial charge in [0.2, 0.25) is 5.91 Å². The van der Waals surface area contributed by atoms with Crippen molar-refractivity contribution in [2.45, 2.75) is 13.5 Å². The standard InChI is InChI=1S/C10H12N4O3/c1-7-5-9(16)14(10(13-7)17-2)6-8(15)12-4-3-11/h5H,4,6H2,1-2H3,(H,12,15). The maximum atomic E-state index is 11.6. The molecule has 90 valence electrons. The number of methoxy groups -OCH3 is 1. The van der Waals surface area contributed by atoms with Crippen molar-refractivity contribution in [1.82, 2.24) is 14.9 Å². The van der Waals surface area contributed by atoms with Gasteiger partial charge < -0.3 is 10.1 Å². The highest BCUT2D eigenvalue weighted by Crippen LogP contribution is 2.03. The van der Waals surface area contributed by atoms with Crippen LogP contribution >= 0.6 is 0 Å². The minimum atomic E-state index is -0.447. The summed E-state index contributed by atoms with van der Waals surface area (Å²) in [5.74, 6) is -0.447. The number of rotatable bonds is 4. The van der Waals surface area contributed by atoms with Gasteiger partial charge in [-0.15, -0.1) is 0 Å². The number of hydrogen-bond donors (Lipinski definition) is 1. The molecule has 0 saturated heterocycles. The van der Waals surface area contributed by atoms with Crippen LogP contribution in [0.2, 0.25) is 0 Å². The van der Waals surface area contributed by atoms with E-state index in [9.17, 15) is 9.59 Å². The van der Waals surface area contributed by atoms with E-state index >= 15 is 0 Å². The molecular formula is C10H12N4O3. The summed E-state index contributed by atoms with van der Waals surface area (Å²) in [4.78, 5) is 27.0. The molecule has 0 aromatic carbocycles. The van der Waals surface area contributed by atoms with E-state index in [1.165, 1.54) is 13.2 Å². The lowest BCUT2D eigenvalue weighted by atomic mass is 10.4. The normalized spacial score (nSPS) is 9.47. The van der Waals surface area contributed by atoms with Gasteiger partial charge in [-0.1, -0.05) is 0 Å².